The Labute approximate surface area is 148 Å². The molecule has 4 amide bonds. The first-order chi connectivity index (χ1) is 11.9. The molecule has 0 unspecified atom stereocenters. The van der Waals surface area contributed by atoms with Crippen LogP contribution in [-0.2, 0) is 20.9 Å². The van der Waals surface area contributed by atoms with Crippen molar-refractivity contribution < 1.29 is 19.2 Å². The van der Waals surface area contributed by atoms with Crippen LogP contribution in [0.1, 0.15) is 6.42 Å². The van der Waals surface area contributed by atoms with Gasteiger partial charge in [-0.15, -0.1) is 0 Å². The van der Waals surface area contributed by atoms with Gasteiger partial charge in [-0.1, -0.05) is 35.2 Å². The standard InChI is InChI=1S/C14H12N4O5S2/c19-10(5-9-12(21)15-13(22)24-9)16-17-11(20)6-18-7-3-1-2-4-8(7)25-14(18)23/h1-4,9H,5-6H2,(H,16,19)(H,17,20)(H,15,21,22)/t9-/m0/s1. The van der Waals surface area contributed by atoms with Gasteiger partial charge in [0.2, 0.25) is 11.8 Å². The monoisotopic (exact) mass is 380 g/mol. The van der Waals surface area contributed by atoms with E-state index in [1.807, 2.05) is 0 Å². The number of para-hydroxylation sites is 1. The molecule has 1 aliphatic heterocycles. The summed E-state index contributed by atoms with van der Waals surface area (Å²) in [5, 5.41) is 0.755. The first-order valence-electron chi connectivity index (χ1n) is 7.11. The lowest BCUT2D eigenvalue weighted by molar-refractivity contribution is -0.130. The lowest BCUT2D eigenvalue weighted by atomic mass is 10.3. The molecule has 1 fully saturated rings. The zero-order valence-electron chi connectivity index (χ0n) is 12.6. The largest absolute Gasteiger partial charge is 0.308 e. The van der Waals surface area contributed by atoms with Gasteiger partial charge >= 0.3 is 4.87 Å². The molecule has 9 nitrogen and oxygen atoms in total. The van der Waals surface area contributed by atoms with Crippen LogP contribution in [0.25, 0.3) is 10.2 Å². The van der Waals surface area contributed by atoms with Crippen molar-refractivity contribution in [3.8, 4) is 0 Å². The van der Waals surface area contributed by atoms with Crippen molar-refractivity contribution in [2.24, 2.45) is 0 Å². The van der Waals surface area contributed by atoms with Crippen molar-refractivity contribution in [2.45, 2.75) is 18.2 Å². The maximum absolute atomic E-state index is 11.9. The van der Waals surface area contributed by atoms with Crippen LogP contribution in [-0.4, -0.2) is 32.8 Å². The number of carbonyl (C=O) groups excluding carboxylic acids is 4. The smallest absolute Gasteiger partial charge is 0.289 e. The molecule has 0 saturated carbocycles. The first-order valence-corrected chi connectivity index (χ1v) is 8.81. The average molecular weight is 380 g/mol. The number of thiazole rings is 1. The Morgan fingerprint density at radius 1 is 1.12 bits per heavy atom. The average Bonchev–Trinajstić information content (AvgIpc) is 3.04. The molecule has 0 bridgehead atoms. The molecule has 2 aromatic rings. The van der Waals surface area contributed by atoms with E-state index in [4.69, 9.17) is 0 Å². The van der Waals surface area contributed by atoms with E-state index in [1.54, 1.807) is 24.3 Å². The number of hydrazine groups is 1. The fraction of sp³-hybridized carbons (Fsp3) is 0.214. The fourth-order valence-corrected chi connectivity index (χ4v) is 3.94. The third kappa shape index (κ3) is 3.88. The van der Waals surface area contributed by atoms with Gasteiger partial charge in [-0.05, 0) is 12.1 Å². The van der Waals surface area contributed by atoms with Gasteiger partial charge in [-0.2, -0.15) is 0 Å². The van der Waals surface area contributed by atoms with E-state index < -0.39 is 28.2 Å². The quantitative estimate of drug-likeness (QED) is 0.639. The number of fused-ring (bicyclic) bond motifs is 1. The highest BCUT2D eigenvalue weighted by Crippen LogP contribution is 2.21. The molecule has 1 aromatic carbocycles. The van der Waals surface area contributed by atoms with E-state index in [2.05, 4.69) is 16.2 Å². The van der Waals surface area contributed by atoms with E-state index in [1.165, 1.54) is 4.57 Å². The van der Waals surface area contributed by atoms with Crippen LogP contribution in [0, 0.1) is 0 Å². The molecule has 1 saturated heterocycles. The minimum absolute atomic E-state index is 0.246. The van der Waals surface area contributed by atoms with Gasteiger partial charge in [-0.25, -0.2) is 0 Å². The number of nitrogens with one attached hydrogen (secondary N) is 3. The molecule has 3 N–H and O–H groups in total. The molecule has 1 atom stereocenters. The van der Waals surface area contributed by atoms with E-state index >= 15 is 0 Å². The molecule has 3 rings (SSSR count). The summed E-state index contributed by atoms with van der Waals surface area (Å²) in [6, 6.07) is 7.07. The number of rotatable bonds is 4. The Morgan fingerprint density at radius 2 is 1.84 bits per heavy atom. The van der Waals surface area contributed by atoms with E-state index in [0.29, 0.717) is 5.52 Å². The number of hydrogen-bond acceptors (Lipinski definition) is 7. The van der Waals surface area contributed by atoms with Gasteiger partial charge in [-0.3, -0.25) is 44.7 Å². The lowest BCUT2D eigenvalue weighted by Gasteiger charge is -2.09. The predicted octanol–water partition coefficient (Wildman–Crippen LogP) is -0.0479. The molecule has 0 aliphatic carbocycles. The van der Waals surface area contributed by atoms with Gasteiger partial charge in [0, 0.05) is 6.42 Å². The Hall–Kier alpha value is -2.66. The van der Waals surface area contributed by atoms with E-state index in [-0.39, 0.29) is 17.8 Å². The first kappa shape index (κ1) is 17.2. The van der Waals surface area contributed by atoms with Crippen molar-refractivity contribution in [2.75, 3.05) is 0 Å². The molecular weight excluding hydrogens is 368 g/mol. The van der Waals surface area contributed by atoms with Gasteiger partial charge in [0.1, 0.15) is 11.8 Å². The maximum Gasteiger partial charge on any atom is 0.308 e. The van der Waals surface area contributed by atoms with Gasteiger partial charge < -0.3 is 0 Å². The Bertz CT molecular complexity index is 935. The summed E-state index contributed by atoms with van der Waals surface area (Å²) in [7, 11) is 0. The minimum Gasteiger partial charge on any atom is -0.289 e. The molecule has 0 spiro atoms. The van der Waals surface area contributed by atoms with Gasteiger partial charge in [0.15, 0.2) is 0 Å². The van der Waals surface area contributed by atoms with Crippen molar-refractivity contribution in [1.82, 2.24) is 20.7 Å². The summed E-state index contributed by atoms with van der Waals surface area (Å²) in [5.41, 5.74) is 5.00. The number of benzene rings is 1. The zero-order valence-corrected chi connectivity index (χ0v) is 14.2. The summed E-state index contributed by atoms with van der Waals surface area (Å²) < 4.78 is 2.07. The Balaban J connectivity index is 1.55. The second kappa shape index (κ2) is 7.07. The Morgan fingerprint density at radius 3 is 2.56 bits per heavy atom. The summed E-state index contributed by atoms with van der Waals surface area (Å²) >= 11 is 1.75. The molecule has 0 radical (unpaired) electrons. The predicted molar refractivity (Wildman–Crippen MR) is 91.9 cm³/mol. The van der Waals surface area contributed by atoms with Gasteiger partial charge in [0.05, 0.1) is 10.2 Å². The van der Waals surface area contributed by atoms with Crippen molar-refractivity contribution in [1.29, 1.82) is 0 Å². The highest BCUT2D eigenvalue weighted by atomic mass is 32.2. The topological polar surface area (TPSA) is 126 Å². The van der Waals surface area contributed by atoms with Crippen LogP contribution in [0.4, 0.5) is 4.79 Å². The molecule has 1 aromatic heterocycles. The molecule has 25 heavy (non-hydrogen) atoms. The summed E-state index contributed by atoms with van der Waals surface area (Å²) in [6.45, 7) is -0.250. The van der Waals surface area contributed by atoms with Crippen LogP contribution in [0.2, 0.25) is 0 Å². The fourth-order valence-electron chi connectivity index (χ4n) is 2.23. The lowest BCUT2D eigenvalue weighted by Crippen LogP contribution is -2.45. The van der Waals surface area contributed by atoms with Crippen molar-refractivity contribution in [3.05, 3.63) is 33.9 Å². The Kier molecular flexibility index (Phi) is 4.86. The van der Waals surface area contributed by atoms with Crippen molar-refractivity contribution >= 4 is 56.3 Å². The normalized spacial score (nSPS) is 16.7. The zero-order chi connectivity index (χ0) is 18.0. The number of carbonyl (C=O) groups is 4. The van der Waals surface area contributed by atoms with Crippen LogP contribution < -0.4 is 21.0 Å². The third-order valence-electron chi connectivity index (χ3n) is 3.35. The highest BCUT2D eigenvalue weighted by molar-refractivity contribution is 8.15. The number of amides is 4. The second-order valence-electron chi connectivity index (χ2n) is 5.11. The third-order valence-corrected chi connectivity index (χ3v) is 5.30. The van der Waals surface area contributed by atoms with Crippen LogP contribution in [0.3, 0.4) is 0 Å². The molecule has 130 valence electrons. The SMILES string of the molecule is O=C(C[C@@H]1SC(=O)NC1=O)NNC(=O)Cn1c(=O)sc2ccccc21. The summed E-state index contributed by atoms with van der Waals surface area (Å²) in [6.07, 6.45) is -0.246. The number of thioether (sulfide) groups is 1. The summed E-state index contributed by atoms with van der Waals surface area (Å²) in [4.78, 5) is 57.8. The second-order valence-corrected chi connectivity index (χ2v) is 7.27. The number of hydrogen-bond donors (Lipinski definition) is 3. The highest BCUT2D eigenvalue weighted by Gasteiger charge is 2.33. The van der Waals surface area contributed by atoms with Crippen molar-refractivity contribution in [3.63, 3.8) is 0 Å². The number of imide groups is 1. The van der Waals surface area contributed by atoms with Crippen LogP contribution in [0.5, 0.6) is 0 Å². The number of nitrogens with zero attached hydrogens (tertiary/aromatic N) is 1. The van der Waals surface area contributed by atoms with Crippen LogP contribution in [0.15, 0.2) is 29.1 Å². The van der Waals surface area contributed by atoms with E-state index in [0.717, 1.165) is 27.8 Å². The van der Waals surface area contributed by atoms with Gasteiger partial charge in [0.25, 0.3) is 11.1 Å². The minimum atomic E-state index is -0.812. The van der Waals surface area contributed by atoms with Crippen LogP contribution >= 0.6 is 23.1 Å². The molecular formula is C14H12N4O5S2. The number of aromatic nitrogens is 1. The van der Waals surface area contributed by atoms with E-state index in [9.17, 15) is 24.0 Å². The molecule has 11 heteroatoms. The maximum atomic E-state index is 11.9. The summed E-state index contributed by atoms with van der Waals surface area (Å²) in [5.74, 6) is -1.73. The molecule has 2 heterocycles. The molecule has 1 aliphatic rings.